The fraction of sp³-hybridized carbons (Fsp3) is 0.357. The number of H-pyrrole nitrogens is 1. The Kier molecular flexibility index (Phi) is 4.63. The molecule has 0 saturated carbocycles. The highest BCUT2D eigenvalue weighted by molar-refractivity contribution is 6.32. The average molecular weight is 339 g/mol. The van der Waals surface area contributed by atoms with E-state index in [1.807, 2.05) is 0 Å². The minimum absolute atomic E-state index is 0.272. The molecule has 1 fully saturated rings. The third-order valence-electron chi connectivity index (χ3n) is 3.37. The summed E-state index contributed by atoms with van der Waals surface area (Å²) in [6, 6.07) is 1.23. The zero-order chi connectivity index (χ0) is 16.2. The molecule has 23 heavy (non-hydrogen) atoms. The van der Waals surface area contributed by atoms with Crippen LogP contribution >= 0.6 is 11.6 Å². The van der Waals surface area contributed by atoms with Crippen LogP contribution in [0.5, 0.6) is 11.6 Å². The number of carbonyl (C=O) groups is 1. The highest BCUT2D eigenvalue weighted by Gasteiger charge is 2.32. The molecule has 2 aromatic rings. The van der Waals surface area contributed by atoms with E-state index < -0.39 is 0 Å². The first-order valence-electron chi connectivity index (χ1n) is 6.91. The van der Waals surface area contributed by atoms with E-state index >= 15 is 0 Å². The lowest BCUT2D eigenvalue weighted by Gasteiger charge is -2.19. The summed E-state index contributed by atoms with van der Waals surface area (Å²) in [5.41, 5.74) is 0.338. The number of aromatic nitrogens is 3. The summed E-state index contributed by atoms with van der Waals surface area (Å²) in [6.45, 7) is 0.753. The Balaban J connectivity index is 1.65. The Morgan fingerprint density at radius 1 is 1.48 bits per heavy atom. The van der Waals surface area contributed by atoms with Gasteiger partial charge in [0.05, 0.1) is 44.3 Å². The molecule has 0 unspecified atom stereocenters. The van der Waals surface area contributed by atoms with Crippen molar-refractivity contribution in [1.82, 2.24) is 20.5 Å². The van der Waals surface area contributed by atoms with E-state index in [2.05, 4.69) is 20.5 Å². The van der Waals surface area contributed by atoms with Crippen LogP contribution < -0.4 is 14.8 Å². The number of hydrogen-bond donors (Lipinski definition) is 2. The van der Waals surface area contributed by atoms with Gasteiger partial charge >= 0.3 is 0 Å². The highest BCUT2D eigenvalue weighted by Crippen LogP contribution is 2.22. The van der Waals surface area contributed by atoms with Gasteiger partial charge in [0.2, 0.25) is 5.88 Å². The van der Waals surface area contributed by atoms with Crippen LogP contribution in [0, 0.1) is 0 Å². The SMILES string of the molecule is COc1ncc(C(=O)N[C@H]2COC[C@H]2Oc2cn[nH]c2)cc1Cl. The van der Waals surface area contributed by atoms with Crippen molar-refractivity contribution in [2.45, 2.75) is 12.1 Å². The fourth-order valence-corrected chi connectivity index (χ4v) is 2.46. The number of methoxy groups -OCH3 is 1. The molecular formula is C14H15ClN4O4. The Bertz CT molecular complexity index is 679. The summed E-state index contributed by atoms with van der Waals surface area (Å²) in [6.07, 6.45) is 4.30. The molecular weight excluding hydrogens is 324 g/mol. The van der Waals surface area contributed by atoms with Crippen LogP contribution in [0.1, 0.15) is 10.4 Å². The van der Waals surface area contributed by atoms with E-state index in [1.165, 1.54) is 19.4 Å². The lowest BCUT2D eigenvalue weighted by Crippen LogP contribution is -2.45. The number of pyridine rings is 1. The van der Waals surface area contributed by atoms with Crippen LogP contribution in [-0.4, -0.2) is 53.6 Å². The third-order valence-corrected chi connectivity index (χ3v) is 3.64. The third kappa shape index (κ3) is 3.54. The van der Waals surface area contributed by atoms with Crippen LogP contribution in [0.4, 0.5) is 0 Å². The van der Waals surface area contributed by atoms with Gasteiger partial charge in [0.25, 0.3) is 5.91 Å². The number of amides is 1. The maximum atomic E-state index is 12.3. The van der Waals surface area contributed by atoms with Crippen LogP contribution in [0.3, 0.4) is 0 Å². The van der Waals surface area contributed by atoms with Gasteiger partial charge in [-0.25, -0.2) is 4.98 Å². The molecule has 0 aromatic carbocycles. The van der Waals surface area contributed by atoms with Gasteiger partial charge in [0.1, 0.15) is 11.1 Å². The van der Waals surface area contributed by atoms with Gasteiger partial charge in [-0.15, -0.1) is 0 Å². The predicted octanol–water partition coefficient (Wildman–Crippen LogP) is 1.04. The molecule has 1 aliphatic heterocycles. The van der Waals surface area contributed by atoms with E-state index in [0.29, 0.717) is 24.5 Å². The second kappa shape index (κ2) is 6.84. The van der Waals surface area contributed by atoms with E-state index in [1.54, 1.807) is 12.4 Å². The molecule has 3 heterocycles. The predicted molar refractivity (Wildman–Crippen MR) is 80.9 cm³/mol. The van der Waals surface area contributed by atoms with Crippen molar-refractivity contribution in [2.24, 2.45) is 0 Å². The number of halogens is 1. The summed E-state index contributed by atoms with van der Waals surface area (Å²) < 4.78 is 16.1. The molecule has 0 spiro atoms. The maximum absolute atomic E-state index is 12.3. The Labute approximate surface area is 137 Å². The second-order valence-corrected chi connectivity index (χ2v) is 5.33. The Hall–Kier alpha value is -2.32. The molecule has 0 aliphatic carbocycles. The lowest BCUT2D eigenvalue weighted by atomic mass is 10.2. The number of rotatable bonds is 5. The van der Waals surface area contributed by atoms with Crippen LogP contribution in [-0.2, 0) is 4.74 Å². The molecule has 8 nitrogen and oxygen atoms in total. The first-order valence-corrected chi connectivity index (χ1v) is 7.28. The summed E-state index contributed by atoms with van der Waals surface area (Å²) in [5.74, 6) is 0.556. The first kappa shape index (κ1) is 15.6. The van der Waals surface area contributed by atoms with Gasteiger partial charge in [-0.2, -0.15) is 5.10 Å². The summed E-state index contributed by atoms with van der Waals surface area (Å²) in [5, 5.41) is 9.61. The molecule has 1 amide bonds. The average Bonchev–Trinajstić information content (AvgIpc) is 3.20. The number of hydrogen-bond acceptors (Lipinski definition) is 6. The quantitative estimate of drug-likeness (QED) is 0.845. The Morgan fingerprint density at radius 3 is 3.04 bits per heavy atom. The van der Waals surface area contributed by atoms with Gasteiger partial charge in [-0.1, -0.05) is 11.6 Å². The standard InChI is InChI=1S/C14H15ClN4O4/c1-21-14-10(15)2-8(3-16-14)13(20)19-11-6-22-7-12(11)23-9-4-17-18-5-9/h2-5,11-12H,6-7H2,1H3,(H,17,18)(H,19,20)/t11-,12+/m0/s1. The van der Waals surface area contributed by atoms with Crippen LogP contribution in [0.25, 0.3) is 0 Å². The van der Waals surface area contributed by atoms with Crippen molar-refractivity contribution in [2.75, 3.05) is 20.3 Å². The van der Waals surface area contributed by atoms with Crippen molar-refractivity contribution in [3.8, 4) is 11.6 Å². The number of aromatic amines is 1. The minimum atomic E-state index is -0.307. The monoisotopic (exact) mass is 338 g/mol. The smallest absolute Gasteiger partial charge is 0.253 e. The second-order valence-electron chi connectivity index (χ2n) is 4.92. The van der Waals surface area contributed by atoms with Gasteiger partial charge in [-0.3, -0.25) is 9.89 Å². The molecule has 2 aromatic heterocycles. The molecule has 3 rings (SSSR count). The van der Waals surface area contributed by atoms with E-state index in [4.69, 9.17) is 25.8 Å². The zero-order valence-electron chi connectivity index (χ0n) is 12.3. The van der Waals surface area contributed by atoms with Crippen LogP contribution in [0.15, 0.2) is 24.7 Å². The van der Waals surface area contributed by atoms with E-state index in [0.717, 1.165) is 0 Å². The molecule has 0 radical (unpaired) electrons. The number of carbonyl (C=O) groups excluding carboxylic acids is 1. The van der Waals surface area contributed by atoms with Crippen molar-refractivity contribution < 1.29 is 19.0 Å². The zero-order valence-corrected chi connectivity index (χ0v) is 13.0. The molecule has 1 saturated heterocycles. The van der Waals surface area contributed by atoms with E-state index in [-0.39, 0.29) is 29.0 Å². The number of nitrogens with one attached hydrogen (secondary N) is 2. The van der Waals surface area contributed by atoms with Gasteiger partial charge in [0.15, 0.2) is 5.75 Å². The van der Waals surface area contributed by atoms with Gasteiger partial charge in [0, 0.05) is 6.20 Å². The number of nitrogens with zero attached hydrogens (tertiary/aromatic N) is 2. The van der Waals surface area contributed by atoms with Crippen LogP contribution in [0.2, 0.25) is 5.02 Å². The normalized spacial score (nSPS) is 20.3. The number of ether oxygens (including phenoxy) is 3. The van der Waals surface area contributed by atoms with Crippen molar-refractivity contribution in [3.05, 3.63) is 35.2 Å². The lowest BCUT2D eigenvalue weighted by molar-refractivity contribution is 0.0903. The summed E-state index contributed by atoms with van der Waals surface area (Å²) in [7, 11) is 1.46. The molecule has 2 N–H and O–H groups in total. The summed E-state index contributed by atoms with van der Waals surface area (Å²) >= 11 is 5.99. The molecule has 9 heteroatoms. The van der Waals surface area contributed by atoms with Crippen molar-refractivity contribution in [3.63, 3.8) is 0 Å². The van der Waals surface area contributed by atoms with Crippen molar-refractivity contribution in [1.29, 1.82) is 0 Å². The van der Waals surface area contributed by atoms with Gasteiger partial charge in [-0.05, 0) is 6.07 Å². The molecule has 2 atom stereocenters. The van der Waals surface area contributed by atoms with Crippen molar-refractivity contribution >= 4 is 17.5 Å². The van der Waals surface area contributed by atoms with Gasteiger partial charge < -0.3 is 19.5 Å². The minimum Gasteiger partial charge on any atom is -0.482 e. The Morgan fingerprint density at radius 2 is 2.35 bits per heavy atom. The highest BCUT2D eigenvalue weighted by atomic mass is 35.5. The largest absolute Gasteiger partial charge is 0.482 e. The summed E-state index contributed by atoms with van der Waals surface area (Å²) in [4.78, 5) is 16.3. The molecule has 122 valence electrons. The fourth-order valence-electron chi connectivity index (χ4n) is 2.22. The first-order chi connectivity index (χ1) is 11.2. The maximum Gasteiger partial charge on any atom is 0.253 e. The topological polar surface area (TPSA) is 98.4 Å². The van der Waals surface area contributed by atoms with E-state index in [9.17, 15) is 4.79 Å². The molecule has 1 aliphatic rings. The molecule has 0 bridgehead atoms.